The van der Waals surface area contributed by atoms with Gasteiger partial charge in [-0.05, 0) is 76.3 Å². The van der Waals surface area contributed by atoms with Gasteiger partial charge in [-0.1, -0.05) is 212 Å². The molecule has 0 amide bonds. The first-order valence-corrected chi connectivity index (χ1v) is 26.2. The molecule has 75 heavy (non-hydrogen) atoms. The fourth-order valence-electron chi connectivity index (χ4n) is 11.4. The van der Waals surface area contributed by atoms with Crippen molar-refractivity contribution in [3.05, 3.63) is 261 Å². The van der Waals surface area contributed by atoms with E-state index < -0.39 is 0 Å². The van der Waals surface area contributed by atoms with E-state index in [0.29, 0.717) is 17.6 Å². The molecule has 5 nitrogen and oxygen atoms in total. The van der Waals surface area contributed by atoms with Gasteiger partial charge in [-0.3, -0.25) is 4.57 Å². The fourth-order valence-corrected chi connectivity index (χ4v) is 12.6. The molecule has 4 heterocycles. The van der Waals surface area contributed by atoms with Crippen molar-refractivity contribution in [2.45, 2.75) is 0 Å². The predicted octanol–water partition coefficient (Wildman–Crippen LogP) is 18.4. The molecule has 15 aromatic rings. The van der Waals surface area contributed by atoms with Crippen LogP contribution in [0.25, 0.3) is 143 Å². The zero-order chi connectivity index (χ0) is 49.4. The van der Waals surface area contributed by atoms with Crippen molar-refractivity contribution in [1.82, 2.24) is 24.1 Å². The van der Waals surface area contributed by atoms with Crippen LogP contribution in [0.2, 0.25) is 0 Å². The third-order valence-corrected chi connectivity index (χ3v) is 16.0. The summed E-state index contributed by atoms with van der Waals surface area (Å²) in [4.78, 5) is 16.3. The van der Waals surface area contributed by atoms with Crippen molar-refractivity contribution in [3.63, 3.8) is 0 Å². The van der Waals surface area contributed by atoms with Crippen molar-refractivity contribution in [1.29, 1.82) is 0 Å². The highest BCUT2D eigenvalue weighted by Crippen LogP contribution is 2.45. The summed E-state index contributed by atoms with van der Waals surface area (Å²) in [5.41, 5.74) is 16.3. The van der Waals surface area contributed by atoms with Crippen molar-refractivity contribution in [2.24, 2.45) is 0 Å². The van der Waals surface area contributed by atoms with Gasteiger partial charge in [0.1, 0.15) is 0 Å². The van der Waals surface area contributed by atoms with Crippen molar-refractivity contribution in [2.75, 3.05) is 0 Å². The second kappa shape index (κ2) is 17.5. The van der Waals surface area contributed by atoms with Crippen LogP contribution in [-0.4, -0.2) is 24.1 Å². The third-order valence-electron chi connectivity index (χ3n) is 14.8. The van der Waals surface area contributed by atoms with E-state index in [0.717, 1.165) is 77.5 Å². The Labute approximate surface area is 436 Å². The van der Waals surface area contributed by atoms with Gasteiger partial charge in [0.2, 0.25) is 5.95 Å². The van der Waals surface area contributed by atoms with Crippen molar-refractivity contribution >= 4 is 75.1 Å². The Bertz CT molecular complexity index is 4670. The summed E-state index contributed by atoms with van der Waals surface area (Å²) in [7, 11) is 0. The minimum Gasteiger partial charge on any atom is -0.309 e. The van der Waals surface area contributed by atoms with Crippen LogP contribution in [0.1, 0.15) is 0 Å². The smallest absolute Gasteiger partial charge is 0.238 e. The summed E-state index contributed by atoms with van der Waals surface area (Å²) in [5.74, 6) is 1.74. The zero-order valence-electron chi connectivity index (χ0n) is 40.5. The topological polar surface area (TPSA) is 48.5 Å². The molecular formula is C69H43N5S. The van der Waals surface area contributed by atoms with Crippen LogP contribution in [-0.2, 0) is 0 Å². The van der Waals surface area contributed by atoms with Crippen LogP contribution >= 0.6 is 11.3 Å². The fraction of sp³-hybridized carbons (Fsp3) is 0. The maximum atomic E-state index is 5.53. The zero-order valence-corrected chi connectivity index (χ0v) is 41.3. The van der Waals surface area contributed by atoms with Gasteiger partial charge in [-0.25, -0.2) is 4.98 Å². The number of hydrogen-bond donors (Lipinski definition) is 0. The summed E-state index contributed by atoms with van der Waals surface area (Å²) < 4.78 is 7.22. The number of benzene rings is 11. The minimum atomic E-state index is 0.553. The van der Waals surface area contributed by atoms with Gasteiger partial charge in [-0.2, -0.15) is 9.97 Å². The highest BCUT2D eigenvalue weighted by atomic mass is 32.1. The van der Waals surface area contributed by atoms with E-state index >= 15 is 0 Å². The number of nitrogens with zero attached hydrogens (tertiary/aromatic N) is 5. The molecule has 350 valence electrons. The lowest BCUT2D eigenvalue weighted by Crippen LogP contribution is -2.07. The first-order chi connectivity index (χ1) is 37.2. The van der Waals surface area contributed by atoms with E-state index in [1.807, 2.05) is 29.5 Å². The Morgan fingerprint density at radius 1 is 0.280 bits per heavy atom. The molecule has 0 aliphatic carbocycles. The minimum absolute atomic E-state index is 0.553. The number of para-hydroxylation sites is 4. The normalized spacial score (nSPS) is 11.7. The Hall–Kier alpha value is -9.75. The summed E-state index contributed by atoms with van der Waals surface area (Å²) in [6.07, 6.45) is 0. The molecule has 0 N–H and O–H groups in total. The molecule has 15 rings (SSSR count). The van der Waals surface area contributed by atoms with Crippen LogP contribution in [0.4, 0.5) is 0 Å². The SMILES string of the molecule is c1ccc(-c2cccc(-c3ccc(-n4c5ccccc5c5ccccc54)c(-c4cccc(-c5nc(-c6ccccc6)nc(-n6c7ccccc7c7cccc(-c8cccc9c8sc8ccccc89)c76)n5)c4)c3)c2)cc1. The van der Waals surface area contributed by atoms with Crippen LogP contribution in [0.5, 0.6) is 0 Å². The average Bonchev–Trinajstić information content (AvgIpc) is 4.22. The van der Waals surface area contributed by atoms with E-state index in [9.17, 15) is 0 Å². The van der Waals surface area contributed by atoms with E-state index in [2.05, 4.69) is 252 Å². The molecule has 0 saturated heterocycles. The molecule has 0 aliphatic rings. The molecule has 0 spiro atoms. The first kappa shape index (κ1) is 42.9. The molecule has 6 heteroatoms. The summed E-state index contributed by atoms with van der Waals surface area (Å²) in [6, 6.07) is 93.5. The standard InChI is InChI=1S/C69H43N5S/c1-3-19-44(20-4-1)46-23-15-24-47(41-46)48-39-40-63(73-60-35-11-7-27-51(60)52-28-8-12-36-61(52)73)59(43-48)49-25-16-26-50(42-49)68-70-67(45-21-5-2-6-22-45)71-69(72-68)74-62-37-13-9-29-53(62)55-31-17-32-56(65(55)74)58-34-18-33-57-54-30-10-14-38-64(54)75-66(57)58/h1-43H. The van der Waals surface area contributed by atoms with E-state index in [-0.39, 0.29) is 0 Å². The van der Waals surface area contributed by atoms with Gasteiger partial charge in [0, 0.05) is 69.5 Å². The Balaban J connectivity index is 0.958. The number of fused-ring (bicyclic) bond motifs is 9. The van der Waals surface area contributed by atoms with Gasteiger partial charge in [-0.15, -0.1) is 11.3 Å². The second-order valence-electron chi connectivity index (χ2n) is 19.1. The number of thiophene rings is 1. The highest BCUT2D eigenvalue weighted by molar-refractivity contribution is 7.26. The summed E-state index contributed by atoms with van der Waals surface area (Å²) in [6.45, 7) is 0. The highest BCUT2D eigenvalue weighted by Gasteiger charge is 2.23. The lowest BCUT2D eigenvalue weighted by molar-refractivity contribution is 0.954. The van der Waals surface area contributed by atoms with Crippen molar-refractivity contribution < 1.29 is 0 Å². The molecule has 0 aliphatic heterocycles. The van der Waals surface area contributed by atoms with E-state index in [1.54, 1.807) is 0 Å². The maximum Gasteiger partial charge on any atom is 0.238 e. The Morgan fingerprint density at radius 3 is 1.48 bits per heavy atom. The van der Waals surface area contributed by atoms with Gasteiger partial charge in [0.05, 0.1) is 27.8 Å². The van der Waals surface area contributed by atoms with Gasteiger partial charge in [0.15, 0.2) is 11.6 Å². The number of aromatic nitrogens is 5. The summed E-state index contributed by atoms with van der Waals surface area (Å²) >= 11 is 1.85. The molecule has 0 unspecified atom stereocenters. The second-order valence-corrected chi connectivity index (χ2v) is 20.2. The molecule has 11 aromatic carbocycles. The quantitative estimate of drug-likeness (QED) is 0.152. The Kier molecular flexibility index (Phi) is 10.00. The van der Waals surface area contributed by atoms with Crippen LogP contribution in [0.3, 0.4) is 0 Å². The van der Waals surface area contributed by atoms with Crippen LogP contribution in [0.15, 0.2) is 261 Å². The van der Waals surface area contributed by atoms with E-state index in [1.165, 1.54) is 47.6 Å². The molecule has 0 bridgehead atoms. The molecular weight excluding hydrogens is 931 g/mol. The average molecular weight is 974 g/mol. The van der Waals surface area contributed by atoms with Crippen LogP contribution < -0.4 is 0 Å². The first-order valence-electron chi connectivity index (χ1n) is 25.3. The lowest BCUT2D eigenvalue weighted by Gasteiger charge is -2.17. The predicted molar refractivity (Wildman–Crippen MR) is 314 cm³/mol. The molecule has 4 aromatic heterocycles. The molecule has 0 radical (unpaired) electrons. The van der Waals surface area contributed by atoms with Crippen molar-refractivity contribution in [3.8, 4) is 78.9 Å². The monoisotopic (exact) mass is 973 g/mol. The summed E-state index contributed by atoms with van der Waals surface area (Å²) in [5, 5.41) is 7.23. The Morgan fingerprint density at radius 2 is 0.760 bits per heavy atom. The molecule has 0 atom stereocenters. The lowest BCUT2D eigenvalue weighted by atomic mass is 9.94. The van der Waals surface area contributed by atoms with Gasteiger partial charge >= 0.3 is 0 Å². The molecule has 0 saturated carbocycles. The van der Waals surface area contributed by atoms with Crippen LogP contribution in [0, 0.1) is 0 Å². The third kappa shape index (κ3) is 7.10. The van der Waals surface area contributed by atoms with Gasteiger partial charge in [0.25, 0.3) is 0 Å². The van der Waals surface area contributed by atoms with Gasteiger partial charge < -0.3 is 4.57 Å². The maximum absolute atomic E-state index is 5.53. The molecule has 0 fully saturated rings. The van der Waals surface area contributed by atoms with E-state index in [4.69, 9.17) is 15.0 Å². The largest absolute Gasteiger partial charge is 0.309 e. The number of rotatable bonds is 8. The number of hydrogen-bond acceptors (Lipinski definition) is 4.